The van der Waals surface area contributed by atoms with Crippen LogP contribution in [0.1, 0.15) is 36.5 Å². The van der Waals surface area contributed by atoms with Crippen LogP contribution in [0, 0.1) is 0 Å². The molecule has 2 atom stereocenters. The number of ketones is 1. The van der Waals surface area contributed by atoms with E-state index in [0.29, 0.717) is 6.04 Å². The topological polar surface area (TPSA) is 23.6 Å². The first-order valence-corrected chi connectivity index (χ1v) is 8.72. The fraction of sp³-hybridized carbons (Fsp3) is 0.588. The molecule has 2 aliphatic heterocycles. The lowest BCUT2D eigenvalue weighted by Gasteiger charge is -2.29. The van der Waals surface area contributed by atoms with E-state index in [9.17, 15) is 4.79 Å². The molecule has 0 N–H and O–H groups in total. The zero-order chi connectivity index (χ0) is 14.8. The van der Waals surface area contributed by atoms with Crippen molar-refractivity contribution < 1.29 is 4.79 Å². The number of halogens is 1. The van der Waals surface area contributed by atoms with Gasteiger partial charge in [-0.25, -0.2) is 0 Å². The molecular weight excluding hydrogens is 328 g/mol. The van der Waals surface area contributed by atoms with E-state index in [-0.39, 0.29) is 11.8 Å². The van der Waals surface area contributed by atoms with Crippen molar-refractivity contribution in [2.45, 2.75) is 38.3 Å². The molecule has 0 bridgehead atoms. The molecule has 0 saturated carbocycles. The van der Waals surface area contributed by atoms with Crippen molar-refractivity contribution in [3.63, 3.8) is 0 Å². The van der Waals surface area contributed by atoms with Gasteiger partial charge in [0.1, 0.15) is 0 Å². The molecule has 0 aliphatic carbocycles. The SMILES string of the molecule is CC(C(=O)c1ccc(Br)cc1)N1CCCN2CCCC2C1. The van der Waals surface area contributed by atoms with Gasteiger partial charge in [-0.3, -0.25) is 14.6 Å². The number of hydrogen-bond donors (Lipinski definition) is 0. The van der Waals surface area contributed by atoms with Crippen molar-refractivity contribution in [3.8, 4) is 0 Å². The largest absolute Gasteiger partial charge is 0.299 e. The van der Waals surface area contributed by atoms with Crippen molar-refractivity contribution in [3.05, 3.63) is 34.3 Å². The highest BCUT2D eigenvalue weighted by atomic mass is 79.9. The van der Waals surface area contributed by atoms with Gasteiger partial charge in [-0.2, -0.15) is 0 Å². The summed E-state index contributed by atoms with van der Waals surface area (Å²) < 4.78 is 1.02. The van der Waals surface area contributed by atoms with Crippen LogP contribution in [-0.4, -0.2) is 53.8 Å². The number of fused-ring (bicyclic) bond motifs is 1. The third-order valence-corrected chi connectivity index (χ3v) is 5.42. The average molecular weight is 351 g/mol. The third-order valence-electron chi connectivity index (χ3n) is 4.89. The average Bonchev–Trinajstić information content (AvgIpc) is 2.83. The van der Waals surface area contributed by atoms with E-state index in [1.54, 1.807) is 0 Å². The lowest BCUT2D eigenvalue weighted by atomic mass is 10.0. The molecule has 2 aliphatic rings. The fourth-order valence-electron chi connectivity index (χ4n) is 3.61. The quantitative estimate of drug-likeness (QED) is 0.782. The van der Waals surface area contributed by atoms with Gasteiger partial charge in [0, 0.05) is 29.2 Å². The summed E-state index contributed by atoms with van der Waals surface area (Å²) in [7, 11) is 0. The number of Topliss-reactive ketones (excluding diaryl/α,β-unsaturated/α-hetero) is 1. The molecule has 0 aromatic heterocycles. The second-order valence-electron chi connectivity index (χ2n) is 6.23. The van der Waals surface area contributed by atoms with Crippen LogP contribution in [0.3, 0.4) is 0 Å². The maximum atomic E-state index is 12.7. The molecule has 114 valence electrons. The highest BCUT2D eigenvalue weighted by Crippen LogP contribution is 2.23. The summed E-state index contributed by atoms with van der Waals surface area (Å²) in [6.07, 6.45) is 3.78. The van der Waals surface area contributed by atoms with Gasteiger partial charge in [-0.15, -0.1) is 0 Å². The van der Waals surface area contributed by atoms with E-state index in [1.807, 2.05) is 24.3 Å². The smallest absolute Gasteiger partial charge is 0.179 e. The Bertz CT molecular complexity index is 502. The Kier molecular flexibility index (Phi) is 4.77. The molecule has 2 heterocycles. The summed E-state index contributed by atoms with van der Waals surface area (Å²) in [5.74, 6) is 0.244. The normalized spacial score (nSPS) is 25.3. The Labute approximate surface area is 135 Å². The predicted octanol–water partition coefficient (Wildman–Crippen LogP) is 3.19. The Morgan fingerprint density at radius 2 is 1.90 bits per heavy atom. The van der Waals surface area contributed by atoms with E-state index in [0.717, 1.165) is 23.1 Å². The zero-order valence-electron chi connectivity index (χ0n) is 12.6. The number of rotatable bonds is 3. The minimum atomic E-state index is -0.0216. The lowest BCUT2D eigenvalue weighted by Crippen LogP contribution is -2.44. The summed E-state index contributed by atoms with van der Waals surface area (Å²) >= 11 is 3.42. The van der Waals surface area contributed by atoms with Crippen LogP contribution < -0.4 is 0 Å². The van der Waals surface area contributed by atoms with Crippen LogP contribution in [0.5, 0.6) is 0 Å². The minimum absolute atomic E-state index is 0.0216. The summed E-state index contributed by atoms with van der Waals surface area (Å²) in [5, 5.41) is 0. The highest BCUT2D eigenvalue weighted by Gasteiger charge is 2.32. The number of benzene rings is 1. The molecule has 21 heavy (non-hydrogen) atoms. The molecule has 3 rings (SSSR count). The summed E-state index contributed by atoms with van der Waals surface area (Å²) in [6.45, 7) is 6.59. The molecule has 1 aromatic carbocycles. The molecule has 2 saturated heterocycles. The number of nitrogens with zero attached hydrogens (tertiary/aromatic N) is 2. The Morgan fingerprint density at radius 1 is 1.19 bits per heavy atom. The van der Waals surface area contributed by atoms with Gasteiger partial charge < -0.3 is 0 Å². The molecule has 3 nitrogen and oxygen atoms in total. The Hall–Kier alpha value is -0.710. The summed E-state index contributed by atoms with van der Waals surface area (Å²) in [6, 6.07) is 8.37. The van der Waals surface area contributed by atoms with Gasteiger partial charge in [-0.1, -0.05) is 28.1 Å². The van der Waals surface area contributed by atoms with Crippen molar-refractivity contribution in [1.29, 1.82) is 0 Å². The van der Waals surface area contributed by atoms with Crippen molar-refractivity contribution in [2.24, 2.45) is 0 Å². The number of carbonyl (C=O) groups excluding carboxylic acids is 1. The molecule has 2 fully saturated rings. The maximum Gasteiger partial charge on any atom is 0.179 e. The van der Waals surface area contributed by atoms with Crippen LogP contribution in [0.4, 0.5) is 0 Å². The van der Waals surface area contributed by atoms with Gasteiger partial charge in [0.15, 0.2) is 5.78 Å². The van der Waals surface area contributed by atoms with E-state index < -0.39 is 0 Å². The zero-order valence-corrected chi connectivity index (χ0v) is 14.2. The van der Waals surface area contributed by atoms with Crippen LogP contribution in [-0.2, 0) is 0 Å². The number of hydrogen-bond acceptors (Lipinski definition) is 3. The number of carbonyl (C=O) groups is 1. The van der Waals surface area contributed by atoms with Crippen LogP contribution in [0.15, 0.2) is 28.7 Å². The van der Waals surface area contributed by atoms with E-state index in [1.165, 1.54) is 32.4 Å². The fourth-order valence-corrected chi connectivity index (χ4v) is 3.87. The first-order chi connectivity index (χ1) is 10.1. The van der Waals surface area contributed by atoms with E-state index in [2.05, 4.69) is 32.7 Å². The maximum absolute atomic E-state index is 12.7. The van der Waals surface area contributed by atoms with Crippen molar-refractivity contribution >= 4 is 21.7 Å². The van der Waals surface area contributed by atoms with Gasteiger partial charge in [0.2, 0.25) is 0 Å². The Morgan fingerprint density at radius 3 is 2.67 bits per heavy atom. The van der Waals surface area contributed by atoms with Crippen molar-refractivity contribution in [1.82, 2.24) is 9.80 Å². The standard InChI is InChI=1S/C17H23BrN2O/c1-13(17(21)14-5-7-15(18)8-6-14)20-11-3-10-19-9-2-4-16(19)12-20/h5-8,13,16H,2-4,9-12H2,1H3. The third kappa shape index (κ3) is 3.38. The lowest BCUT2D eigenvalue weighted by molar-refractivity contribution is 0.0827. The molecule has 1 aromatic rings. The Balaban J connectivity index is 1.70. The summed E-state index contributed by atoms with van der Waals surface area (Å²) in [4.78, 5) is 17.7. The predicted molar refractivity (Wildman–Crippen MR) is 88.7 cm³/mol. The minimum Gasteiger partial charge on any atom is -0.299 e. The van der Waals surface area contributed by atoms with Crippen LogP contribution >= 0.6 is 15.9 Å². The molecule has 0 amide bonds. The first kappa shape index (κ1) is 15.2. The monoisotopic (exact) mass is 350 g/mol. The van der Waals surface area contributed by atoms with Crippen LogP contribution in [0.2, 0.25) is 0 Å². The van der Waals surface area contributed by atoms with Gasteiger partial charge in [0.25, 0.3) is 0 Å². The van der Waals surface area contributed by atoms with Crippen LogP contribution in [0.25, 0.3) is 0 Å². The summed E-state index contributed by atoms with van der Waals surface area (Å²) in [5.41, 5.74) is 0.818. The van der Waals surface area contributed by atoms with Crippen molar-refractivity contribution in [2.75, 3.05) is 26.2 Å². The first-order valence-electron chi connectivity index (χ1n) is 7.93. The van der Waals surface area contributed by atoms with E-state index in [4.69, 9.17) is 0 Å². The molecule has 2 unspecified atom stereocenters. The molecular formula is C17H23BrN2O. The second-order valence-corrected chi connectivity index (χ2v) is 7.14. The molecule has 4 heteroatoms. The second kappa shape index (κ2) is 6.59. The molecule has 0 radical (unpaired) electrons. The van der Waals surface area contributed by atoms with Gasteiger partial charge >= 0.3 is 0 Å². The highest BCUT2D eigenvalue weighted by molar-refractivity contribution is 9.10. The van der Waals surface area contributed by atoms with Gasteiger partial charge in [-0.05, 0) is 51.4 Å². The van der Waals surface area contributed by atoms with E-state index >= 15 is 0 Å². The van der Waals surface area contributed by atoms with Gasteiger partial charge in [0.05, 0.1) is 6.04 Å². The molecule has 0 spiro atoms.